The molecule has 2 fully saturated rings. The van der Waals surface area contributed by atoms with Gasteiger partial charge in [-0.15, -0.1) is 0 Å². The van der Waals surface area contributed by atoms with E-state index in [0.717, 1.165) is 24.8 Å². The maximum atomic E-state index is 14.1. The summed E-state index contributed by atoms with van der Waals surface area (Å²) in [6.45, 7) is 12.0. The first-order valence-corrected chi connectivity index (χ1v) is 12.8. The van der Waals surface area contributed by atoms with E-state index in [4.69, 9.17) is 5.11 Å². The van der Waals surface area contributed by atoms with Crippen molar-refractivity contribution >= 4 is 23.3 Å². The smallest absolute Gasteiger partial charge is 0.331 e. The third kappa shape index (κ3) is 2.76. The number of allylic oxidation sites excluding steroid dienone is 7. The van der Waals surface area contributed by atoms with Crippen molar-refractivity contribution in [2.75, 3.05) is 0 Å². The molecule has 5 nitrogen and oxygen atoms in total. The van der Waals surface area contributed by atoms with E-state index in [9.17, 15) is 19.2 Å². The van der Waals surface area contributed by atoms with Gasteiger partial charge in [0.25, 0.3) is 0 Å². The van der Waals surface area contributed by atoms with Gasteiger partial charge in [-0.05, 0) is 50.2 Å². The molecule has 5 rings (SSSR count). The molecule has 5 aliphatic carbocycles. The highest BCUT2D eigenvalue weighted by Crippen LogP contribution is 2.85. The van der Waals surface area contributed by atoms with Crippen LogP contribution in [-0.4, -0.2) is 28.4 Å². The number of carboxylic acid groups (broad SMARTS) is 1. The molecule has 0 aliphatic heterocycles. The summed E-state index contributed by atoms with van der Waals surface area (Å²) in [6, 6.07) is 0. The standard InChI is InChI=1S/C30H36O5/c1-17(13-19(31)14-18(2)25(34)35)20-9-11-27(5)22-8-7-21-26(3,4)23(32)10-12-29(21)16-30(22,29)24(33)15-28(20,27)6/h8-10,12,14,17,21H,7,11,13,15-16H2,1-6H3,(H,34,35)/b18-14-/t17-,21+,27+,28-,29-,30+/m1/s1. The fraction of sp³-hybridized carbons (Fsp3) is 0.600. The summed E-state index contributed by atoms with van der Waals surface area (Å²) in [7, 11) is 0. The summed E-state index contributed by atoms with van der Waals surface area (Å²) in [6.07, 6.45) is 12.7. The molecule has 5 heteroatoms. The van der Waals surface area contributed by atoms with Crippen molar-refractivity contribution < 1.29 is 24.3 Å². The third-order valence-electron chi connectivity index (χ3n) is 10.8. The van der Waals surface area contributed by atoms with Crippen molar-refractivity contribution in [2.45, 2.75) is 73.6 Å². The molecular formula is C30H36O5. The lowest BCUT2D eigenvalue weighted by atomic mass is 9.45. The Bertz CT molecular complexity index is 1210. The number of carboxylic acids is 1. The van der Waals surface area contributed by atoms with Gasteiger partial charge in [0.15, 0.2) is 11.6 Å². The third-order valence-corrected chi connectivity index (χ3v) is 10.8. The van der Waals surface area contributed by atoms with Crippen LogP contribution in [0.25, 0.3) is 0 Å². The van der Waals surface area contributed by atoms with E-state index >= 15 is 0 Å². The number of carbonyl (C=O) groups excluding carboxylic acids is 3. The molecule has 1 N–H and O–H groups in total. The number of hydrogen-bond donors (Lipinski definition) is 1. The second-order valence-electron chi connectivity index (χ2n) is 12.8. The highest BCUT2D eigenvalue weighted by atomic mass is 16.4. The number of rotatable bonds is 5. The second-order valence-corrected chi connectivity index (χ2v) is 12.8. The van der Waals surface area contributed by atoms with Crippen molar-refractivity contribution in [2.24, 2.45) is 38.9 Å². The van der Waals surface area contributed by atoms with Crippen LogP contribution in [0.4, 0.5) is 0 Å². The van der Waals surface area contributed by atoms with Crippen molar-refractivity contribution in [3.05, 3.63) is 47.1 Å². The maximum absolute atomic E-state index is 14.1. The zero-order valence-corrected chi connectivity index (χ0v) is 21.7. The SMILES string of the molecule is C/C(=C/C(=O)C[C@@H](C)C1=CC[C@@]2(C)C3=CC[C@H]4C(C)(C)C(=O)C=C[C@@]45C[C@@]35C(=O)C[C@]12C)C(=O)O. The molecule has 2 spiro atoms. The Morgan fingerprint density at radius 1 is 1.14 bits per heavy atom. The molecule has 0 unspecified atom stereocenters. The quantitative estimate of drug-likeness (QED) is 0.423. The fourth-order valence-corrected chi connectivity index (χ4v) is 8.63. The monoisotopic (exact) mass is 476 g/mol. The van der Waals surface area contributed by atoms with Gasteiger partial charge in [-0.3, -0.25) is 14.4 Å². The number of ketones is 3. The van der Waals surface area contributed by atoms with Crippen molar-refractivity contribution in [3.8, 4) is 0 Å². The van der Waals surface area contributed by atoms with Crippen LogP contribution < -0.4 is 0 Å². The maximum Gasteiger partial charge on any atom is 0.331 e. The molecule has 35 heavy (non-hydrogen) atoms. The van der Waals surface area contributed by atoms with E-state index in [0.29, 0.717) is 6.42 Å². The number of carbonyl (C=O) groups is 4. The fourth-order valence-electron chi connectivity index (χ4n) is 8.63. The number of aliphatic carboxylic acids is 1. The van der Waals surface area contributed by atoms with Crippen LogP contribution in [0.5, 0.6) is 0 Å². The number of Topliss-reactive ketones (excluding diaryl/α,β-unsaturated/α-hetero) is 1. The highest BCUT2D eigenvalue weighted by molar-refractivity contribution is 6.01. The van der Waals surface area contributed by atoms with Crippen LogP contribution in [0.3, 0.4) is 0 Å². The van der Waals surface area contributed by atoms with Crippen LogP contribution in [0.15, 0.2) is 47.1 Å². The van der Waals surface area contributed by atoms with Gasteiger partial charge in [0, 0.05) is 40.1 Å². The summed E-state index contributed by atoms with van der Waals surface area (Å²) in [5, 5.41) is 9.10. The molecule has 6 atom stereocenters. The van der Waals surface area contributed by atoms with Gasteiger partial charge >= 0.3 is 5.97 Å². The summed E-state index contributed by atoms with van der Waals surface area (Å²) < 4.78 is 0. The minimum absolute atomic E-state index is 0.0383. The van der Waals surface area contributed by atoms with E-state index in [2.05, 4.69) is 32.1 Å². The molecule has 0 aromatic carbocycles. The van der Waals surface area contributed by atoms with Gasteiger partial charge in [-0.2, -0.15) is 0 Å². The molecule has 5 aliphatic rings. The van der Waals surface area contributed by atoms with Crippen LogP contribution >= 0.6 is 0 Å². The largest absolute Gasteiger partial charge is 0.478 e. The molecule has 0 heterocycles. The summed E-state index contributed by atoms with van der Waals surface area (Å²) in [5.74, 6) is -0.795. The Balaban J connectivity index is 1.49. The van der Waals surface area contributed by atoms with E-state index in [1.54, 1.807) is 6.08 Å². The predicted octanol–water partition coefficient (Wildman–Crippen LogP) is 5.42. The van der Waals surface area contributed by atoms with Crippen LogP contribution in [0.1, 0.15) is 73.6 Å². The topological polar surface area (TPSA) is 88.5 Å². The molecule has 0 saturated heterocycles. The Kier molecular flexibility index (Phi) is 4.84. The number of hydrogen-bond acceptors (Lipinski definition) is 4. The first-order valence-electron chi connectivity index (χ1n) is 12.8. The molecule has 0 radical (unpaired) electrons. The Morgan fingerprint density at radius 3 is 2.49 bits per heavy atom. The Morgan fingerprint density at radius 2 is 1.83 bits per heavy atom. The Hall–Kier alpha value is -2.56. The second kappa shape index (κ2) is 7.02. The van der Waals surface area contributed by atoms with Crippen LogP contribution in [0.2, 0.25) is 0 Å². The molecule has 186 valence electrons. The van der Waals surface area contributed by atoms with Crippen molar-refractivity contribution in [1.29, 1.82) is 0 Å². The van der Waals surface area contributed by atoms with E-state index in [1.807, 2.05) is 20.8 Å². The van der Waals surface area contributed by atoms with E-state index in [1.165, 1.54) is 18.6 Å². The minimum atomic E-state index is -1.09. The normalized spacial score (nSPS) is 41.7. The molecule has 0 bridgehead atoms. The molecule has 0 amide bonds. The summed E-state index contributed by atoms with van der Waals surface area (Å²) in [5.41, 5.74) is 0.614. The van der Waals surface area contributed by atoms with Crippen LogP contribution in [-0.2, 0) is 19.2 Å². The van der Waals surface area contributed by atoms with Gasteiger partial charge in [-0.1, -0.05) is 64.0 Å². The number of fused-ring (bicyclic) bond motifs is 2. The minimum Gasteiger partial charge on any atom is -0.478 e. The van der Waals surface area contributed by atoms with E-state index in [-0.39, 0.29) is 57.4 Å². The molecule has 0 aromatic rings. The molecule has 0 aromatic heterocycles. The first kappa shape index (κ1) is 24.1. The van der Waals surface area contributed by atoms with Gasteiger partial charge in [0.1, 0.15) is 5.78 Å². The van der Waals surface area contributed by atoms with Crippen molar-refractivity contribution in [3.63, 3.8) is 0 Å². The summed E-state index contributed by atoms with van der Waals surface area (Å²) in [4.78, 5) is 50.5. The van der Waals surface area contributed by atoms with E-state index < -0.39 is 16.8 Å². The lowest BCUT2D eigenvalue weighted by Crippen LogP contribution is -2.54. The lowest BCUT2D eigenvalue weighted by Gasteiger charge is -2.56. The van der Waals surface area contributed by atoms with Crippen LogP contribution in [0, 0.1) is 38.9 Å². The average molecular weight is 477 g/mol. The van der Waals surface area contributed by atoms with Gasteiger partial charge in [0.2, 0.25) is 0 Å². The average Bonchev–Trinajstić information content (AvgIpc) is 3.37. The summed E-state index contributed by atoms with van der Waals surface area (Å²) >= 11 is 0. The predicted molar refractivity (Wildman–Crippen MR) is 132 cm³/mol. The molecule has 2 saturated carbocycles. The lowest BCUT2D eigenvalue weighted by molar-refractivity contribution is -0.136. The zero-order valence-electron chi connectivity index (χ0n) is 21.7. The van der Waals surface area contributed by atoms with Gasteiger partial charge in [0.05, 0.1) is 5.41 Å². The van der Waals surface area contributed by atoms with Gasteiger partial charge in [-0.25, -0.2) is 4.79 Å². The Labute approximate surface area is 207 Å². The van der Waals surface area contributed by atoms with Crippen molar-refractivity contribution in [1.82, 2.24) is 0 Å². The van der Waals surface area contributed by atoms with Gasteiger partial charge < -0.3 is 5.11 Å². The first-order chi connectivity index (χ1) is 16.2. The zero-order chi connectivity index (χ0) is 25.8. The highest BCUT2D eigenvalue weighted by Gasteiger charge is 2.82. The molecular weight excluding hydrogens is 440 g/mol.